The summed E-state index contributed by atoms with van der Waals surface area (Å²) in [5.74, 6) is -0.569. The number of amides is 1. The molecule has 1 rings (SSSR count). The third-order valence-electron chi connectivity index (χ3n) is 11.9. The van der Waals surface area contributed by atoms with Crippen molar-refractivity contribution >= 4 is 13.7 Å². The molecule has 0 radical (unpaired) electrons. The van der Waals surface area contributed by atoms with E-state index in [2.05, 4.69) is 31.3 Å². The summed E-state index contributed by atoms with van der Waals surface area (Å²) < 4.78 is 22.9. The largest absolute Gasteiger partial charge is 0.472 e. The Morgan fingerprint density at radius 1 is 0.567 bits per heavy atom. The molecule has 1 fully saturated rings. The maximum absolute atomic E-state index is 13.0. The molecule has 60 heavy (non-hydrogen) atoms. The number of rotatable bonds is 40. The zero-order chi connectivity index (χ0) is 44.4. The predicted octanol–water partition coefficient (Wildman–Crippen LogP) is 8.20. The molecular weight excluding hydrogens is 789 g/mol. The zero-order valence-electron chi connectivity index (χ0n) is 37.6. The highest BCUT2D eigenvalue weighted by atomic mass is 31.2. The molecule has 1 saturated carbocycles. The van der Waals surface area contributed by atoms with Crippen LogP contribution in [-0.4, -0.2) is 108 Å². The van der Waals surface area contributed by atoms with Gasteiger partial charge in [0.05, 0.1) is 31.3 Å². The van der Waals surface area contributed by atoms with Crippen molar-refractivity contribution in [1.29, 1.82) is 0 Å². The Morgan fingerprint density at radius 3 is 1.40 bits per heavy atom. The molecule has 0 bridgehead atoms. The van der Waals surface area contributed by atoms with Gasteiger partial charge in [-0.2, -0.15) is 0 Å². The smallest absolute Gasteiger partial charge is 0.393 e. The van der Waals surface area contributed by atoms with E-state index in [1.54, 1.807) is 0 Å². The van der Waals surface area contributed by atoms with Crippen LogP contribution in [0.4, 0.5) is 0 Å². The Bertz CT molecular complexity index is 1090. The average Bonchev–Trinajstić information content (AvgIpc) is 3.22. The second-order valence-electron chi connectivity index (χ2n) is 17.5. The molecule has 8 atom stereocenters. The lowest BCUT2D eigenvalue weighted by Crippen LogP contribution is -2.64. The number of hydrogen-bond donors (Lipinski definition) is 9. The Morgan fingerprint density at radius 2 is 0.933 bits per heavy atom. The molecule has 0 heterocycles. The Balaban J connectivity index is 2.47. The summed E-state index contributed by atoms with van der Waals surface area (Å²) in [7, 11) is -5.12. The lowest BCUT2D eigenvalue weighted by molar-refractivity contribution is -0.220. The van der Waals surface area contributed by atoms with Gasteiger partial charge in [-0.1, -0.05) is 180 Å². The molecule has 9 N–H and O–H groups in total. The number of phosphoric ester groups is 1. The number of allylic oxidation sites excluding steroid dienone is 2. The molecule has 1 aliphatic carbocycles. The van der Waals surface area contributed by atoms with Gasteiger partial charge in [0.1, 0.15) is 36.6 Å². The Hall–Kier alpha value is -0.960. The SMILES string of the molecule is CCCCC/C=C\CCCCCC(O)CC(=O)NC(COP(=O)(O)OC1C(O)C(O)C(O)C(O)C1O)C(O)CCCCCCCCCCCCCCCCCCCCCC. The highest BCUT2D eigenvalue weighted by Crippen LogP contribution is 2.47. The van der Waals surface area contributed by atoms with Crippen molar-refractivity contribution in [2.75, 3.05) is 6.61 Å². The van der Waals surface area contributed by atoms with Gasteiger partial charge in [0.15, 0.2) is 0 Å². The van der Waals surface area contributed by atoms with Crippen molar-refractivity contribution in [3.8, 4) is 0 Å². The van der Waals surface area contributed by atoms with Crippen LogP contribution < -0.4 is 5.32 Å². The van der Waals surface area contributed by atoms with Crippen molar-refractivity contribution < 1.29 is 59.0 Å². The summed E-state index contributed by atoms with van der Waals surface area (Å²) in [6.45, 7) is 3.76. The van der Waals surface area contributed by atoms with E-state index in [0.717, 1.165) is 57.8 Å². The van der Waals surface area contributed by atoms with Crippen molar-refractivity contribution in [3.63, 3.8) is 0 Å². The number of hydrogen-bond acceptors (Lipinski definition) is 11. The first-order chi connectivity index (χ1) is 28.8. The van der Waals surface area contributed by atoms with Crippen LogP contribution in [0.2, 0.25) is 0 Å². The summed E-state index contributed by atoms with van der Waals surface area (Å²) in [4.78, 5) is 23.4. The molecule has 0 aromatic carbocycles. The summed E-state index contributed by atoms with van der Waals surface area (Å²) in [5, 5.41) is 74.6. The molecule has 1 amide bonds. The fraction of sp³-hybridized carbons (Fsp3) is 0.935. The molecule has 1 aliphatic rings. The normalized spacial score (nSPS) is 23.4. The summed E-state index contributed by atoms with van der Waals surface area (Å²) in [5.41, 5.74) is 0. The van der Waals surface area contributed by atoms with E-state index in [4.69, 9.17) is 9.05 Å². The van der Waals surface area contributed by atoms with E-state index in [0.29, 0.717) is 12.8 Å². The molecule has 0 spiro atoms. The van der Waals surface area contributed by atoms with E-state index >= 15 is 0 Å². The van der Waals surface area contributed by atoms with Crippen LogP contribution in [0, 0.1) is 0 Å². The van der Waals surface area contributed by atoms with Gasteiger partial charge in [0, 0.05) is 0 Å². The Kier molecular flexibility index (Phi) is 34.6. The molecule has 0 aromatic heterocycles. The summed E-state index contributed by atoms with van der Waals surface area (Å²) in [6, 6.07) is -1.16. The number of nitrogens with one attached hydrogen (secondary N) is 1. The fourth-order valence-corrected chi connectivity index (χ4v) is 8.85. The standard InChI is InChI=1S/C46H90NO12P/c1-3-5-7-9-11-13-15-16-17-18-19-20-21-22-23-24-26-28-30-32-34-39(49)38(36-58-60(56,57)59-46-44(54)42(52)41(51)43(53)45(46)55)47-40(50)35-37(48)33-31-29-27-25-14-12-10-8-6-4-2/h12,14,37-39,41-46,48-49,51-55H,3-11,13,15-36H2,1-2H3,(H,47,50)(H,56,57)/b14-12-. The van der Waals surface area contributed by atoms with Gasteiger partial charge in [-0.3, -0.25) is 13.8 Å². The number of aliphatic hydroxyl groups excluding tert-OH is 7. The van der Waals surface area contributed by atoms with Crippen LogP contribution in [0.3, 0.4) is 0 Å². The van der Waals surface area contributed by atoms with E-state index in [-0.39, 0.29) is 12.8 Å². The zero-order valence-corrected chi connectivity index (χ0v) is 38.5. The lowest BCUT2D eigenvalue weighted by Gasteiger charge is -2.41. The van der Waals surface area contributed by atoms with Crippen LogP contribution in [0.1, 0.15) is 213 Å². The number of phosphoric acid groups is 1. The maximum Gasteiger partial charge on any atom is 0.472 e. The first-order valence-corrected chi connectivity index (χ1v) is 25.7. The minimum Gasteiger partial charge on any atom is -0.393 e. The average molecular weight is 880 g/mol. The van der Waals surface area contributed by atoms with Crippen LogP contribution >= 0.6 is 7.82 Å². The third-order valence-corrected chi connectivity index (χ3v) is 12.9. The van der Waals surface area contributed by atoms with Crippen molar-refractivity contribution in [2.45, 2.75) is 268 Å². The van der Waals surface area contributed by atoms with Crippen molar-refractivity contribution in [3.05, 3.63) is 12.2 Å². The second kappa shape index (κ2) is 36.4. The molecule has 0 aliphatic heterocycles. The lowest BCUT2D eigenvalue weighted by atomic mass is 9.85. The number of aliphatic hydroxyl groups is 7. The third kappa shape index (κ3) is 28.0. The van der Waals surface area contributed by atoms with Crippen molar-refractivity contribution in [2.24, 2.45) is 0 Å². The van der Waals surface area contributed by atoms with Crippen LogP contribution in [0.5, 0.6) is 0 Å². The summed E-state index contributed by atoms with van der Waals surface area (Å²) >= 11 is 0. The Labute approximate surface area is 363 Å². The predicted molar refractivity (Wildman–Crippen MR) is 238 cm³/mol. The quantitative estimate of drug-likeness (QED) is 0.0161. The number of carbonyl (C=O) groups is 1. The van der Waals surface area contributed by atoms with Gasteiger partial charge >= 0.3 is 7.82 Å². The van der Waals surface area contributed by atoms with E-state index in [9.17, 15) is 50.0 Å². The first kappa shape index (κ1) is 57.1. The van der Waals surface area contributed by atoms with Crippen LogP contribution in [0.15, 0.2) is 12.2 Å². The van der Waals surface area contributed by atoms with Gasteiger partial charge in [-0.15, -0.1) is 0 Å². The number of unbranched alkanes of at least 4 members (excludes halogenated alkanes) is 25. The van der Waals surface area contributed by atoms with Gasteiger partial charge in [-0.05, 0) is 38.5 Å². The highest BCUT2D eigenvalue weighted by molar-refractivity contribution is 7.47. The van der Waals surface area contributed by atoms with Gasteiger partial charge in [0.25, 0.3) is 0 Å². The molecule has 356 valence electrons. The highest BCUT2D eigenvalue weighted by Gasteiger charge is 2.51. The fourth-order valence-electron chi connectivity index (χ4n) is 7.89. The van der Waals surface area contributed by atoms with E-state index in [1.807, 2.05) is 0 Å². The topological polar surface area (TPSA) is 226 Å². The second-order valence-corrected chi connectivity index (χ2v) is 18.9. The van der Waals surface area contributed by atoms with Crippen LogP contribution in [-0.2, 0) is 18.4 Å². The monoisotopic (exact) mass is 880 g/mol. The number of carbonyl (C=O) groups excluding carboxylic acids is 1. The van der Waals surface area contributed by atoms with E-state index < -0.39 is 75.2 Å². The first-order valence-electron chi connectivity index (χ1n) is 24.2. The molecule has 0 aromatic rings. The molecule has 14 heteroatoms. The van der Waals surface area contributed by atoms with Gasteiger partial charge in [-0.25, -0.2) is 4.57 Å². The molecule has 0 saturated heterocycles. The van der Waals surface area contributed by atoms with Gasteiger partial charge in [0.2, 0.25) is 5.91 Å². The minimum absolute atomic E-state index is 0.230. The molecule has 8 unspecified atom stereocenters. The molecule has 13 nitrogen and oxygen atoms in total. The molecular formula is C46H90NO12P. The van der Waals surface area contributed by atoms with Gasteiger partial charge < -0.3 is 46.0 Å². The summed E-state index contributed by atoms with van der Waals surface area (Å²) in [6.07, 6.45) is 24.1. The van der Waals surface area contributed by atoms with Crippen LogP contribution in [0.25, 0.3) is 0 Å². The minimum atomic E-state index is -5.12. The maximum atomic E-state index is 13.0. The van der Waals surface area contributed by atoms with E-state index in [1.165, 1.54) is 116 Å². The van der Waals surface area contributed by atoms with Crippen molar-refractivity contribution in [1.82, 2.24) is 5.32 Å².